The molecule has 0 fully saturated rings. The molecule has 6 heteroatoms. The second kappa shape index (κ2) is 6.72. The number of hydrogen-bond donors (Lipinski definition) is 3. The number of fused-ring (bicyclic) bond motifs is 1. The summed E-state index contributed by atoms with van der Waals surface area (Å²) in [6.45, 7) is 4.64. The summed E-state index contributed by atoms with van der Waals surface area (Å²) in [7, 11) is 1.86. The van der Waals surface area contributed by atoms with Gasteiger partial charge >= 0.3 is 0 Å². The number of nitrogens with one attached hydrogen (secondary N) is 3. The molecule has 4 rings (SSSR count). The molecule has 0 atom stereocenters. The highest BCUT2D eigenvalue weighted by Crippen LogP contribution is 2.38. The molecule has 2 aliphatic rings. The molecule has 3 N–H and O–H groups in total. The molecule has 0 unspecified atom stereocenters. The van der Waals surface area contributed by atoms with E-state index >= 15 is 0 Å². The lowest BCUT2D eigenvalue weighted by Crippen LogP contribution is -2.20. The minimum atomic E-state index is 0.605. The number of ether oxygens (including phenoxy) is 1. The third-order valence-electron chi connectivity index (χ3n) is 4.56. The molecular weight excluding hydrogens is 314 g/mol. The first kappa shape index (κ1) is 15.9. The number of rotatable bonds is 4. The molecular formula is C19H23N5O. The van der Waals surface area contributed by atoms with E-state index < -0.39 is 0 Å². The molecule has 0 radical (unpaired) electrons. The van der Waals surface area contributed by atoms with Crippen LogP contribution in [0.4, 0.5) is 17.5 Å². The molecule has 0 amide bonds. The van der Waals surface area contributed by atoms with E-state index in [4.69, 9.17) is 4.74 Å². The third kappa shape index (κ3) is 3.30. The Morgan fingerprint density at radius 2 is 2.08 bits per heavy atom. The highest BCUT2D eigenvalue weighted by atomic mass is 16.5. The predicted molar refractivity (Wildman–Crippen MR) is 101 cm³/mol. The number of anilines is 3. The first-order valence-corrected chi connectivity index (χ1v) is 8.73. The van der Waals surface area contributed by atoms with Crippen LogP contribution in [-0.2, 0) is 6.42 Å². The summed E-state index contributed by atoms with van der Waals surface area (Å²) in [5.74, 6) is 2.45. The second-order valence-corrected chi connectivity index (χ2v) is 6.39. The summed E-state index contributed by atoms with van der Waals surface area (Å²) < 4.78 is 5.91. The van der Waals surface area contributed by atoms with Gasteiger partial charge in [0.1, 0.15) is 11.6 Å². The predicted octanol–water partition coefficient (Wildman–Crippen LogP) is 2.88. The number of benzene rings is 1. The highest BCUT2D eigenvalue weighted by molar-refractivity contribution is 5.77. The zero-order chi connectivity index (χ0) is 17.2. The van der Waals surface area contributed by atoms with Gasteiger partial charge in [-0.2, -0.15) is 4.98 Å². The molecule has 0 saturated heterocycles. The Labute approximate surface area is 147 Å². The Kier molecular flexibility index (Phi) is 4.28. The van der Waals surface area contributed by atoms with Crippen LogP contribution in [0.15, 0.2) is 24.3 Å². The zero-order valence-electron chi connectivity index (χ0n) is 14.6. The van der Waals surface area contributed by atoms with Crippen LogP contribution in [0.5, 0.6) is 5.75 Å². The average Bonchev–Trinajstić information content (AvgIpc) is 3.09. The monoisotopic (exact) mass is 337 g/mol. The number of aryl methyl sites for hydroxylation is 1. The van der Waals surface area contributed by atoms with Crippen LogP contribution in [-0.4, -0.2) is 36.7 Å². The molecule has 6 nitrogen and oxygen atoms in total. The maximum absolute atomic E-state index is 5.91. The maximum Gasteiger partial charge on any atom is 0.229 e. The number of aromatic nitrogens is 2. The molecule has 0 bridgehead atoms. The molecule has 25 heavy (non-hydrogen) atoms. The quantitative estimate of drug-likeness (QED) is 0.797. The molecule has 0 aliphatic carbocycles. The van der Waals surface area contributed by atoms with Gasteiger partial charge in [0.25, 0.3) is 0 Å². The van der Waals surface area contributed by atoms with E-state index in [1.54, 1.807) is 0 Å². The average molecular weight is 337 g/mol. The van der Waals surface area contributed by atoms with Gasteiger partial charge in [-0.05, 0) is 37.6 Å². The van der Waals surface area contributed by atoms with Crippen molar-refractivity contribution in [3.05, 3.63) is 41.1 Å². The van der Waals surface area contributed by atoms with Crippen molar-refractivity contribution in [3.63, 3.8) is 0 Å². The summed E-state index contributed by atoms with van der Waals surface area (Å²) in [6, 6.07) is 6.23. The Bertz CT molecular complexity index is 831. The van der Waals surface area contributed by atoms with Crippen LogP contribution in [0.25, 0.3) is 5.57 Å². The summed E-state index contributed by atoms with van der Waals surface area (Å²) in [6.07, 6.45) is 4.22. The molecule has 130 valence electrons. The van der Waals surface area contributed by atoms with Crippen molar-refractivity contribution < 1.29 is 4.74 Å². The Hall–Kier alpha value is -2.60. The molecule has 3 heterocycles. The van der Waals surface area contributed by atoms with E-state index in [1.165, 1.54) is 16.7 Å². The second-order valence-electron chi connectivity index (χ2n) is 6.39. The van der Waals surface area contributed by atoms with Crippen molar-refractivity contribution in [1.29, 1.82) is 0 Å². The van der Waals surface area contributed by atoms with E-state index in [-0.39, 0.29) is 0 Å². The van der Waals surface area contributed by atoms with Gasteiger partial charge < -0.3 is 20.7 Å². The van der Waals surface area contributed by atoms with Crippen LogP contribution in [0.2, 0.25) is 0 Å². The van der Waals surface area contributed by atoms with Gasteiger partial charge in [-0.15, -0.1) is 0 Å². The molecule has 0 saturated carbocycles. The fourth-order valence-electron chi connectivity index (χ4n) is 3.37. The summed E-state index contributed by atoms with van der Waals surface area (Å²) in [5, 5.41) is 9.81. The Morgan fingerprint density at radius 1 is 1.16 bits per heavy atom. The Morgan fingerprint density at radius 3 is 2.88 bits per heavy atom. The Balaban J connectivity index is 1.71. The fourth-order valence-corrected chi connectivity index (χ4v) is 3.37. The van der Waals surface area contributed by atoms with Crippen molar-refractivity contribution in [1.82, 2.24) is 15.3 Å². The minimum absolute atomic E-state index is 0.605. The summed E-state index contributed by atoms with van der Waals surface area (Å²) >= 11 is 0. The molecule has 0 spiro atoms. The molecule has 1 aromatic heterocycles. The highest BCUT2D eigenvalue weighted by Gasteiger charge is 2.21. The number of nitrogens with zero attached hydrogens (tertiary/aromatic N) is 2. The van der Waals surface area contributed by atoms with E-state index in [2.05, 4.69) is 44.1 Å². The molecule has 2 aromatic rings. The van der Waals surface area contributed by atoms with Crippen molar-refractivity contribution in [2.45, 2.75) is 19.8 Å². The van der Waals surface area contributed by atoms with Gasteiger partial charge in [-0.1, -0.05) is 6.08 Å². The van der Waals surface area contributed by atoms with Crippen LogP contribution >= 0.6 is 0 Å². The largest absolute Gasteiger partial charge is 0.492 e. The lowest BCUT2D eigenvalue weighted by atomic mass is 9.96. The fraction of sp³-hybridized carbons (Fsp3) is 0.368. The minimum Gasteiger partial charge on any atom is -0.492 e. The maximum atomic E-state index is 5.91. The van der Waals surface area contributed by atoms with Gasteiger partial charge in [0.15, 0.2) is 0 Å². The van der Waals surface area contributed by atoms with Gasteiger partial charge in [0.2, 0.25) is 5.95 Å². The van der Waals surface area contributed by atoms with E-state index in [9.17, 15) is 0 Å². The third-order valence-corrected chi connectivity index (χ3v) is 4.56. The van der Waals surface area contributed by atoms with Crippen LogP contribution in [0, 0.1) is 6.92 Å². The summed E-state index contributed by atoms with van der Waals surface area (Å²) in [4.78, 5) is 8.99. The standard InChI is InChI=1S/C19H23N5O/c1-12-9-17(20-2)24-19(22-12)23-15-10-14-5-8-25-18(14)16(11-15)13-3-6-21-7-4-13/h3,9-11,21H,4-8H2,1-2H3,(H2,20,22,23,24). The van der Waals surface area contributed by atoms with Crippen LogP contribution < -0.4 is 20.7 Å². The first-order valence-electron chi connectivity index (χ1n) is 8.73. The molecule has 2 aliphatic heterocycles. The van der Waals surface area contributed by atoms with Crippen LogP contribution in [0.1, 0.15) is 23.2 Å². The van der Waals surface area contributed by atoms with Crippen molar-refractivity contribution in [2.24, 2.45) is 0 Å². The lowest BCUT2D eigenvalue weighted by molar-refractivity contribution is 0.356. The van der Waals surface area contributed by atoms with E-state index in [0.717, 1.165) is 55.5 Å². The van der Waals surface area contributed by atoms with Gasteiger partial charge in [0, 0.05) is 48.6 Å². The lowest BCUT2D eigenvalue weighted by Gasteiger charge is -2.18. The van der Waals surface area contributed by atoms with Crippen molar-refractivity contribution >= 4 is 23.0 Å². The topological polar surface area (TPSA) is 71.1 Å². The van der Waals surface area contributed by atoms with Gasteiger partial charge in [-0.25, -0.2) is 4.98 Å². The van der Waals surface area contributed by atoms with Crippen LogP contribution in [0.3, 0.4) is 0 Å². The van der Waals surface area contributed by atoms with E-state index in [0.29, 0.717) is 5.95 Å². The van der Waals surface area contributed by atoms with Gasteiger partial charge in [-0.3, -0.25) is 0 Å². The van der Waals surface area contributed by atoms with Crippen molar-refractivity contribution in [3.8, 4) is 5.75 Å². The number of hydrogen-bond acceptors (Lipinski definition) is 6. The normalized spacial score (nSPS) is 16.0. The first-order chi connectivity index (χ1) is 12.2. The van der Waals surface area contributed by atoms with Gasteiger partial charge in [0.05, 0.1) is 6.61 Å². The van der Waals surface area contributed by atoms with E-state index in [1.807, 2.05) is 20.0 Å². The smallest absolute Gasteiger partial charge is 0.229 e. The SMILES string of the molecule is CNc1cc(C)nc(Nc2cc3c(c(C4=CCNCC4)c2)OCC3)n1. The van der Waals surface area contributed by atoms with Crippen molar-refractivity contribution in [2.75, 3.05) is 37.4 Å². The molecule has 1 aromatic carbocycles. The summed E-state index contributed by atoms with van der Waals surface area (Å²) in [5.41, 5.74) is 5.72. The zero-order valence-corrected chi connectivity index (χ0v) is 14.6.